The average molecular weight is 255 g/mol. The predicted molar refractivity (Wildman–Crippen MR) is 58.9 cm³/mol. The predicted octanol–water partition coefficient (Wildman–Crippen LogP) is 2.90. The second-order valence-electron chi connectivity index (χ2n) is 4.08. The Morgan fingerprint density at radius 1 is 1.29 bits per heavy atom. The molecule has 0 aliphatic carbocycles. The molecule has 1 unspecified atom stereocenters. The van der Waals surface area contributed by atoms with Crippen LogP contribution in [0, 0.1) is 0 Å². The first kappa shape index (κ1) is 16.2. The SMILES string of the molecule is CCCCC(C(=O)O)N(CCC)CC(F)(F)F. The Labute approximate surface area is 99.6 Å². The van der Waals surface area contributed by atoms with Gasteiger partial charge in [-0.05, 0) is 19.4 Å². The van der Waals surface area contributed by atoms with Gasteiger partial charge in [0, 0.05) is 0 Å². The molecule has 17 heavy (non-hydrogen) atoms. The van der Waals surface area contributed by atoms with Crippen LogP contribution in [0.5, 0.6) is 0 Å². The Hall–Kier alpha value is -0.780. The molecular formula is C11H20F3NO2. The van der Waals surface area contributed by atoms with E-state index in [2.05, 4.69) is 0 Å². The summed E-state index contributed by atoms with van der Waals surface area (Å²) in [4.78, 5) is 12.0. The lowest BCUT2D eigenvalue weighted by molar-refractivity contribution is -0.162. The van der Waals surface area contributed by atoms with Crippen LogP contribution < -0.4 is 0 Å². The molecule has 0 saturated heterocycles. The van der Waals surface area contributed by atoms with Crippen LogP contribution in [-0.2, 0) is 4.79 Å². The summed E-state index contributed by atoms with van der Waals surface area (Å²) in [6.07, 6.45) is -2.19. The number of carboxylic acids is 1. The largest absolute Gasteiger partial charge is 0.480 e. The summed E-state index contributed by atoms with van der Waals surface area (Å²) >= 11 is 0. The molecule has 3 nitrogen and oxygen atoms in total. The van der Waals surface area contributed by atoms with E-state index in [-0.39, 0.29) is 13.0 Å². The van der Waals surface area contributed by atoms with Crippen molar-refractivity contribution in [2.75, 3.05) is 13.1 Å². The van der Waals surface area contributed by atoms with E-state index in [1.807, 2.05) is 6.92 Å². The molecule has 0 aliphatic rings. The second-order valence-corrected chi connectivity index (χ2v) is 4.08. The minimum atomic E-state index is -4.35. The summed E-state index contributed by atoms with van der Waals surface area (Å²) in [5.74, 6) is -1.17. The van der Waals surface area contributed by atoms with Gasteiger partial charge >= 0.3 is 12.1 Å². The lowest BCUT2D eigenvalue weighted by atomic mass is 10.1. The highest BCUT2D eigenvalue weighted by molar-refractivity contribution is 5.73. The van der Waals surface area contributed by atoms with Crippen molar-refractivity contribution in [3.05, 3.63) is 0 Å². The molecule has 0 heterocycles. The van der Waals surface area contributed by atoms with Crippen molar-refractivity contribution in [2.45, 2.75) is 51.7 Å². The highest BCUT2D eigenvalue weighted by Gasteiger charge is 2.35. The lowest BCUT2D eigenvalue weighted by Crippen LogP contribution is -2.46. The lowest BCUT2D eigenvalue weighted by Gasteiger charge is -2.29. The molecule has 0 bridgehead atoms. The molecule has 0 saturated carbocycles. The summed E-state index contributed by atoms with van der Waals surface area (Å²) in [5.41, 5.74) is 0. The summed E-state index contributed by atoms with van der Waals surface area (Å²) in [7, 11) is 0. The Kier molecular flexibility index (Phi) is 7.18. The van der Waals surface area contributed by atoms with Crippen molar-refractivity contribution < 1.29 is 23.1 Å². The van der Waals surface area contributed by atoms with Crippen molar-refractivity contribution in [1.29, 1.82) is 0 Å². The van der Waals surface area contributed by atoms with Gasteiger partial charge in [0.05, 0.1) is 6.54 Å². The van der Waals surface area contributed by atoms with Crippen molar-refractivity contribution in [2.24, 2.45) is 0 Å². The van der Waals surface area contributed by atoms with Crippen molar-refractivity contribution in [3.63, 3.8) is 0 Å². The van der Waals surface area contributed by atoms with Gasteiger partial charge in [0.15, 0.2) is 0 Å². The minimum absolute atomic E-state index is 0.153. The fraction of sp³-hybridized carbons (Fsp3) is 0.909. The molecule has 0 aromatic rings. The summed E-state index contributed by atoms with van der Waals surface area (Å²) in [5, 5.41) is 8.98. The highest BCUT2D eigenvalue weighted by atomic mass is 19.4. The van der Waals surface area contributed by atoms with Gasteiger partial charge in [-0.25, -0.2) is 0 Å². The fourth-order valence-corrected chi connectivity index (χ4v) is 1.72. The molecule has 0 rings (SSSR count). The van der Waals surface area contributed by atoms with Gasteiger partial charge in [0.25, 0.3) is 0 Å². The third-order valence-corrected chi connectivity index (χ3v) is 2.45. The van der Waals surface area contributed by atoms with Crippen LogP contribution in [0.15, 0.2) is 0 Å². The molecule has 0 aromatic heterocycles. The monoisotopic (exact) mass is 255 g/mol. The topological polar surface area (TPSA) is 40.5 Å². The van der Waals surface area contributed by atoms with Crippen LogP contribution in [-0.4, -0.2) is 41.3 Å². The van der Waals surface area contributed by atoms with Crippen LogP contribution in [0.25, 0.3) is 0 Å². The maximum Gasteiger partial charge on any atom is 0.401 e. The molecule has 0 spiro atoms. The molecule has 6 heteroatoms. The molecule has 1 N–H and O–H groups in total. The summed E-state index contributed by atoms with van der Waals surface area (Å²) in [6, 6.07) is -1.03. The number of hydrogen-bond acceptors (Lipinski definition) is 2. The van der Waals surface area contributed by atoms with Gasteiger partial charge in [0.2, 0.25) is 0 Å². The van der Waals surface area contributed by atoms with Gasteiger partial charge in [-0.2, -0.15) is 13.2 Å². The summed E-state index contributed by atoms with van der Waals surface area (Å²) in [6.45, 7) is 2.62. The van der Waals surface area contributed by atoms with Crippen molar-refractivity contribution >= 4 is 5.97 Å². The van der Waals surface area contributed by atoms with E-state index in [9.17, 15) is 18.0 Å². The molecule has 0 aromatic carbocycles. The summed E-state index contributed by atoms with van der Waals surface area (Å²) < 4.78 is 37.0. The first-order valence-corrected chi connectivity index (χ1v) is 5.85. The van der Waals surface area contributed by atoms with E-state index in [4.69, 9.17) is 5.11 Å². The average Bonchev–Trinajstić information content (AvgIpc) is 2.15. The number of aliphatic carboxylic acids is 1. The van der Waals surface area contributed by atoms with Crippen molar-refractivity contribution in [1.82, 2.24) is 4.90 Å². The molecule has 0 aliphatic heterocycles. The van der Waals surface area contributed by atoms with Crippen LogP contribution in [0.4, 0.5) is 13.2 Å². The maximum absolute atomic E-state index is 12.3. The Bertz CT molecular complexity index is 231. The zero-order chi connectivity index (χ0) is 13.5. The van der Waals surface area contributed by atoms with E-state index in [1.54, 1.807) is 6.92 Å². The van der Waals surface area contributed by atoms with Gasteiger partial charge in [-0.3, -0.25) is 9.69 Å². The van der Waals surface area contributed by atoms with E-state index in [0.29, 0.717) is 12.8 Å². The molecule has 0 radical (unpaired) electrons. The fourth-order valence-electron chi connectivity index (χ4n) is 1.72. The van der Waals surface area contributed by atoms with Gasteiger partial charge in [-0.15, -0.1) is 0 Å². The smallest absolute Gasteiger partial charge is 0.401 e. The first-order chi connectivity index (χ1) is 7.81. The van der Waals surface area contributed by atoms with Crippen molar-refractivity contribution in [3.8, 4) is 0 Å². The number of alkyl halides is 3. The van der Waals surface area contributed by atoms with Crippen LogP contribution in [0.1, 0.15) is 39.5 Å². The van der Waals surface area contributed by atoms with E-state index in [0.717, 1.165) is 11.3 Å². The normalized spacial score (nSPS) is 14.0. The molecule has 1 atom stereocenters. The zero-order valence-electron chi connectivity index (χ0n) is 10.3. The number of carboxylic acid groups (broad SMARTS) is 1. The maximum atomic E-state index is 12.3. The third-order valence-electron chi connectivity index (χ3n) is 2.45. The number of nitrogens with zero attached hydrogens (tertiary/aromatic N) is 1. The molecule has 0 amide bonds. The minimum Gasteiger partial charge on any atom is -0.480 e. The van der Waals surface area contributed by atoms with Crippen LogP contribution >= 0.6 is 0 Å². The quantitative estimate of drug-likeness (QED) is 0.725. The second kappa shape index (κ2) is 7.53. The van der Waals surface area contributed by atoms with Crippen LogP contribution in [0.3, 0.4) is 0 Å². The number of halogens is 3. The Balaban J connectivity index is 4.64. The zero-order valence-corrected chi connectivity index (χ0v) is 10.3. The van der Waals surface area contributed by atoms with Crippen LogP contribution in [0.2, 0.25) is 0 Å². The van der Waals surface area contributed by atoms with Gasteiger partial charge < -0.3 is 5.11 Å². The van der Waals surface area contributed by atoms with E-state index >= 15 is 0 Å². The first-order valence-electron chi connectivity index (χ1n) is 5.85. The molecular weight excluding hydrogens is 235 g/mol. The molecule has 102 valence electrons. The number of rotatable bonds is 8. The Morgan fingerprint density at radius 2 is 1.88 bits per heavy atom. The number of unbranched alkanes of at least 4 members (excludes halogenated alkanes) is 1. The standard InChI is InChI=1S/C11H20F3NO2/c1-3-5-6-9(10(16)17)15(7-4-2)8-11(12,13)14/h9H,3-8H2,1-2H3,(H,16,17). The number of carbonyl (C=O) groups is 1. The highest BCUT2D eigenvalue weighted by Crippen LogP contribution is 2.20. The number of hydrogen-bond donors (Lipinski definition) is 1. The Morgan fingerprint density at radius 3 is 2.24 bits per heavy atom. The van der Waals surface area contributed by atoms with E-state index < -0.39 is 24.7 Å². The molecule has 0 fully saturated rings. The van der Waals surface area contributed by atoms with E-state index in [1.165, 1.54) is 0 Å². The van der Waals surface area contributed by atoms with Gasteiger partial charge in [-0.1, -0.05) is 26.7 Å². The van der Waals surface area contributed by atoms with Gasteiger partial charge in [0.1, 0.15) is 6.04 Å². The third kappa shape index (κ3) is 7.20.